The van der Waals surface area contributed by atoms with Crippen LogP contribution in [0.4, 0.5) is 0 Å². The van der Waals surface area contributed by atoms with Crippen molar-refractivity contribution in [2.75, 3.05) is 0 Å². The molecule has 0 atom stereocenters. The second-order valence-corrected chi connectivity index (χ2v) is 7.21. The van der Waals surface area contributed by atoms with Crippen molar-refractivity contribution in [2.45, 2.75) is 59.4 Å². The van der Waals surface area contributed by atoms with E-state index in [1.165, 1.54) is 30.3 Å². The Balaban J connectivity index is 2.52. The Kier molecular flexibility index (Phi) is 3.49. The van der Waals surface area contributed by atoms with Gasteiger partial charge >= 0.3 is 0 Å². The lowest BCUT2D eigenvalue weighted by molar-refractivity contribution is -0.116. The molecular formula is C14H22N2OS. The number of nitrogens with zero attached hydrogens (tertiary/aromatic N) is 2. The van der Waals surface area contributed by atoms with Crippen LogP contribution in [-0.2, 0) is 16.8 Å². The predicted molar refractivity (Wildman–Crippen MR) is 74.7 cm³/mol. The van der Waals surface area contributed by atoms with Gasteiger partial charge in [-0.1, -0.05) is 20.8 Å². The maximum absolute atomic E-state index is 11.3. The molecule has 100 valence electrons. The van der Waals surface area contributed by atoms with Crippen LogP contribution in [0.3, 0.4) is 0 Å². The summed E-state index contributed by atoms with van der Waals surface area (Å²) in [4.78, 5) is 17.6. The quantitative estimate of drug-likeness (QED) is 0.810. The third-order valence-electron chi connectivity index (χ3n) is 3.23. The minimum atomic E-state index is -0.110. The molecule has 1 aromatic rings. The Morgan fingerprint density at radius 2 is 2.06 bits per heavy atom. The Hall–Kier alpha value is -0.900. The first-order chi connectivity index (χ1) is 8.29. The number of hydrogen-bond acceptors (Lipinski definition) is 2. The molecule has 0 unspecified atom stereocenters. The van der Waals surface area contributed by atoms with E-state index in [0.29, 0.717) is 0 Å². The minimum Gasteiger partial charge on any atom is -0.320 e. The summed E-state index contributed by atoms with van der Waals surface area (Å²) < 4.78 is 2.24. The molecule has 1 aliphatic rings. The zero-order valence-corrected chi connectivity index (χ0v) is 12.7. The van der Waals surface area contributed by atoms with Gasteiger partial charge in [-0.2, -0.15) is 4.99 Å². The van der Waals surface area contributed by atoms with E-state index in [-0.39, 0.29) is 11.3 Å². The molecule has 4 heteroatoms. The first-order valence-electron chi connectivity index (χ1n) is 6.55. The molecular weight excluding hydrogens is 244 g/mol. The summed E-state index contributed by atoms with van der Waals surface area (Å²) in [5.74, 6) is 0.679. The number of thiazole rings is 1. The van der Waals surface area contributed by atoms with E-state index in [1.54, 1.807) is 11.3 Å². The summed E-state index contributed by atoms with van der Waals surface area (Å²) in [5, 5.41) is 0. The largest absolute Gasteiger partial charge is 0.320 e. The molecule has 0 aromatic carbocycles. The van der Waals surface area contributed by atoms with E-state index in [1.807, 2.05) is 0 Å². The standard InChI is InChI=1S/C14H22N2OS/c1-9-12(14(3,4)5)18-13(15-10(2)17)16(9)8-11-6-7-11/h11H,6-8H2,1-5H3. The van der Waals surface area contributed by atoms with Crippen LogP contribution >= 0.6 is 11.3 Å². The third kappa shape index (κ3) is 2.91. The first-order valence-corrected chi connectivity index (χ1v) is 7.36. The molecule has 0 saturated heterocycles. The minimum absolute atomic E-state index is 0.110. The fraction of sp³-hybridized carbons (Fsp3) is 0.714. The van der Waals surface area contributed by atoms with Crippen molar-refractivity contribution in [1.29, 1.82) is 0 Å². The van der Waals surface area contributed by atoms with Crippen LogP contribution in [-0.4, -0.2) is 10.5 Å². The second kappa shape index (κ2) is 4.65. The summed E-state index contributed by atoms with van der Waals surface area (Å²) in [6.45, 7) is 11.3. The molecule has 1 amide bonds. The fourth-order valence-corrected chi connectivity index (χ4v) is 3.42. The molecule has 0 bridgehead atoms. The average Bonchev–Trinajstić information content (AvgIpc) is 2.96. The Morgan fingerprint density at radius 1 is 1.44 bits per heavy atom. The fourth-order valence-electron chi connectivity index (χ4n) is 2.17. The third-order valence-corrected chi connectivity index (χ3v) is 4.84. The summed E-state index contributed by atoms with van der Waals surface area (Å²) in [6, 6.07) is 0. The molecule has 1 aromatic heterocycles. The molecule has 0 spiro atoms. The monoisotopic (exact) mass is 266 g/mol. The van der Waals surface area contributed by atoms with Crippen molar-refractivity contribution >= 4 is 17.2 Å². The smallest absolute Gasteiger partial charge is 0.245 e. The number of carbonyl (C=O) groups excluding carboxylic acids is 1. The highest BCUT2D eigenvalue weighted by atomic mass is 32.1. The maximum Gasteiger partial charge on any atom is 0.245 e. The van der Waals surface area contributed by atoms with Crippen molar-refractivity contribution in [3.05, 3.63) is 15.4 Å². The van der Waals surface area contributed by atoms with Gasteiger partial charge in [-0.3, -0.25) is 4.79 Å². The molecule has 1 fully saturated rings. The highest BCUT2D eigenvalue weighted by molar-refractivity contribution is 7.09. The molecule has 1 saturated carbocycles. The van der Waals surface area contributed by atoms with Gasteiger partial charge in [-0.15, -0.1) is 11.3 Å². The lowest BCUT2D eigenvalue weighted by Crippen LogP contribution is -2.19. The van der Waals surface area contributed by atoms with Crippen molar-refractivity contribution < 1.29 is 4.79 Å². The normalized spacial score (nSPS) is 17.3. The number of amides is 1. The van der Waals surface area contributed by atoms with E-state index in [9.17, 15) is 4.79 Å². The molecule has 1 heterocycles. The second-order valence-electron chi connectivity index (χ2n) is 6.23. The van der Waals surface area contributed by atoms with Crippen molar-refractivity contribution in [3.63, 3.8) is 0 Å². The SMILES string of the molecule is CC(=O)N=c1sc(C(C)(C)C)c(C)n1CC1CC1. The van der Waals surface area contributed by atoms with Gasteiger partial charge in [-0.05, 0) is 31.1 Å². The van der Waals surface area contributed by atoms with Crippen LogP contribution in [0.15, 0.2) is 4.99 Å². The highest BCUT2D eigenvalue weighted by Crippen LogP contribution is 2.33. The lowest BCUT2D eigenvalue weighted by Gasteiger charge is -2.17. The number of aromatic nitrogens is 1. The van der Waals surface area contributed by atoms with Gasteiger partial charge in [0.05, 0.1) is 0 Å². The molecule has 3 nitrogen and oxygen atoms in total. The Labute approximate surface area is 113 Å². The zero-order chi connectivity index (χ0) is 13.5. The Bertz CT molecular complexity index is 527. The summed E-state index contributed by atoms with van der Waals surface area (Å²) >= 11 is 1.67. The molecule has 1 aliphatic carbocycles. The first kappa shape index (κ1) is 13.5. The van der Waals surface area contributed by atoms with E-state index < -0.39 is 0 Å². The topological polar surface area (TPSA) is 34.4 Å². The van der Waals surface area contributed by atoms with E-state index >= 15 is 0 Å². The van der Waals surface area contributed by atoms with E-state index in [4.69, 9.17) is 0 Å². The highest BCUT2D eigenvalue weighted by Gasteiger charge is 2.26. The van der Waals surface area contributed by atoms with Gasteiger partial charge in [0.1, 0.15) is 0 Å². The van der Waals surface area contributed by atoms with Gasteiger partial charge in [0, 0.05) is 24.0 Å². The van der Waals surface area contributed by atoms with Gasteiger partial charge < -0.3 is 4.57 Å². The zero-order valence-electron chi connectivity index (χ0n) is 11.9. The van der Waals surface area contributed by atoms with Crippen LogP contribution in [0, 0.1) is 12.8 Å². The van der Waals surface area contributed by atoms with Crippen LogP contribution in [0.1, 0.15) is 51.1 Å². The van der Waals surface area contributed by atoms with Gasteiger partial charge in [0.15, 0.2) is 4.80 Å². The van der Waals surface area contributed by atoms with Crippen LogP contribution in [0.25, 0.3) is 0 Å². The predicted octanol–water partition coefficient (Wildman–Crippen LogP) is 3.01. The Morgan fingerprint density at radius 3 is 2.50 bits per heavy atom. The maximum atomic E-state index is 11.3. The average molecular weight is 266 g/mol. The van der Waals surface area contributed by atoms with Crippen molar-refractivity contribution in [1.82, 2.24) is 4.57 Å². The number of hydrogen-bond donors (Lipinski definition) is 0. The van der Waals surface area contributed by atoms with Crippen molar-refractivity contribution in [2.24, 2.45) is 10.9 Å². The van der Waals surface area contributed by atoms with E-state index in [2.05, 4.69) is 37.3 Å². The van der Waals surface area contributed by atoms with Crippen LogP contribution < -0.4 is 4.80 Å². The lowest BCUT2D eigenvalue weighted by atomic mass is 9.93. The molecule has 0 aliphatic heterocycles. The molecule has 0 radical (unpaired) electrons. The van der Waals surface area contributed by atoms with Gasteiger partial charge in [0.25, 0.3) is 0 Å². The van der Waals surface area contributed by atoms with Crippen LogP contribution in [0.2, 0.25) is 0 Å². The number of rotatable bonds is 2. The summed E-state index contributed by atoms with van der Waals surface area (Å²) in [7, 11) is 0. The van der Waals surface area contributed by atoms with Gasteiger partial charge in [0.2, 0.25) is 5.91 Å². The van der Waals surface area contributed by atoms with Crippen molar-refractivity contribution in [3.8, 4) is 0 Å². The van der Waals surface area contributed by atoms with Gasteiger partial charge in [-0.25, -0.2) is 0 Å². The van der Waals surface area contributed by atoms with Crippen LogP contribution in [0.5, 0.6) is 0 Å². The molecule has 0 N–H and O–H groups in total. The van der Waals surface area contributed by atoms with E-state index in [0.717, 1.165) is 17.3 Å². The molecule has 2 rings (SSSR count). The summed E-state index contributed by atoms with van der Waals surface area (Å²) in [5.41, 5.74) is 1.39. The molecule has 18 heavy (non-hydrogen) atoms. The summed E-state index contributed by atoms with van der Waals surface area (Å²) in [6.07, 6.45) is 2.62. The number of carbonyl (C=O) groups is 1.